The Hall–Kier alpha value is -1.10. The van der Waals surface area contributed by atoms with Crippen LogP contribution in [-0.4, -0.2) is 15.4 Å². The standard InChI is InChI=1S/C9H5Cl3N4/c10-4-1-5(8(12)6(11)2-4)9-7(13)3-14-16-15-9/h1-3H,(H2,13,16). The summed E-state index contributed by atoms with van der Waals surface area (Å²) in [6, 6.07) is 3.16. The van der Waals surface area contributed by atoms with Gasteiger partial charge in [0.2, 0.25) is 0 Å². The Morgan fingerprint density at radius 2 is 1.88 bits per heavy atom. The molecule has 0 unspecified atom stereocenters. The van der Waals surface area contributed by atoms with Gasteiger partial charge in [-0.3, -0.25) is 0 Å². The van der Waals surface area contributed by atoms with Crippen LogP contribution in [0, 0.1) is 0 Å². The van der Waals surface area contributed by atoms with Crippen molar-refractivity contribution in [3.63, 3.8) is 0 Å². The van der Waals surface area contributed by atoms with Gasteiger partial charge in [-0.15, -0.1) is 10.2 Å². The van der Waals surface area contributed by atoms with Gasteiger partial charge in [0.15, 0.2) is 0 Å². The van der Waals surface area contributed by atoms with Crippen molar-refractivity contribution in [2.45, 2.75) is 0 Å². The van der Waals surface area contributed by atoms with Crippen LogP contribution in [0.2, 0.25) is 15.1 Å². The molecule has 2 N–H and O–H groups in total. The fourth-order valence-electron chi connectivity index (χ4n) is 1.22. The molecule has 4 nitrogen and oxygen atoms in total. The summed E-state index contributed by atoms with van der Waals surface area (Å²) in [6.07, 6.45) is 1.38. The van der Waals surface area contributed by atoms with Crippen molar-refractivity contribution < 1.29 is 0 Å². The summed E-state index contributed by atoms with van der Waals surface area (Å²) in [5.41, 5.74) is 7.01. The number of nitrogens with two attached hydrogens (primary N) is 1. The molecule has 0 saturated heterocycles. The maximum Gasteiger partial charge on any atom is 0.121 e. The highest BCUT2D eigenvalue weighted by Crippen LogP contribution is 2.36. The predicted molar refractivity (Wildman–Crippen MR) is 64.7 cm³/mol. The molecule has 0 aliphatic rings. The van der Waals surface area contributed by atoms with E-state index in [-0.39, 0.29) is 0 Å². The number of nitrogens with zero attached hydrogens (tertiary/aromatic N) is 3. The molecule has 2 aromatic rings. The summed E-state index contributed by atoms with van der Waals surface area (Å²) in [4.78, 5) is 0. The third-order valence-corrected chi connectivity index (χ3v) is 2.93. The number of rotatable bonds is 1. The first-order valence-corrected chi connectivity index (χ1v) is 5.31. The SMILES string of the molecule is Nc1cnnnc1-c1cc(Cl)cc(Cl)c1Cl. The smallest absolute Gasteiger partial charge is 0.121 e. The molecule has 0 saturated carbocycles. The third-order valence-electron chi connectivity index (χ3n) is 1.91. The van der Waals surface area contributed by atoms with Crippen LogP contribution < -0.4 is 5.73 Å². The minimum atomic E-state index is 0.332. The van der Waals surface area contributed by atoms with Gasteiger partial charge in [-0.2, -0.15) is 0 Å². The van der Waals surface area contributed by atoms with Crippen molar-refractivity contribution in [1.82, 2.24) is 15.4 Å². The van der Waals surface area contributed by atoms with Crippen molar-refractivity contribution in [2.75, 3.05) is 5.73 Å². The molecule has 0 aliphatic heterocycles. The van der Waals surface area contributed by atoms with Gasteiger partial charge in [0.05, 0.1) is 21.9 Å². The summed E-state index contributed by atoms with van der Waals surface area (Å²) >= 11 is 17.8. The first-order chi connectivity index (χ1) is 7.59. The number of aromatic nitrogens is 3. The topological polar surface area (TPSA) is 64.7 Å². The zero-order valence-corrected chi connectivity index (χ0v) is 10.1. The number of hydrogen-bond acceptors (Lipinski definition) is 4. The molecule has 0 bridgehead atoms. The second-order valence-electron chi connectivity index (χ2n) is 2.99. The summed E-state index contributed by atoms with van der Waals surface area (Å²) in [5.74, 6) is 0. The molecule has 0 aliphatic carbocycles. The lowest BCUT2D eigenvalue weighted by atomic mass is 10.1. The van der Waals surface area contributed by atoms with Gasteiger partial charge in [-0.1, -0.05) is 34.8 Å². The highest BCUT2D eigenvalue weighted by molar-refractivity contribution is 6.45. The van der Waals surface area contributed by atoms with E-state index in [9.17, 15) is 0 Å². The fourth-order valence-corrected chi connectivity index (χ4v) is 1.91. The maximum atomic E-state index is 6.04. The normalized spacial score (nSPS) is 10.4. The Morgan fingerprint density at radius 1 is 1.12 bits per heavy atom. The summed E-state index contributed by atoms with van der Waals surface area (Å²) in [6.45, 7) is 0. The molecule has 0 fully saturated rings. The summed E-state index contributed by atoms with van der Waals surface area (Å²) < 4.78 is 0. The highest BCUT2D eigenvalue weighted by atomic mass is 35.5. The number of benzene rings is 1. The lowest BCUT2D eigenvalue weighted by Crippen LogP contribution is -1.98. The first-order valence-electron chi connectivity index (χ1n) is 4.18. The number of anilines is 1. The van der Waals surface area contributed by atoms with Gasteiger partial charge in [-0.05, 0) is 17.3 Å². The van der Waals surface area contributed by atoms with Gasteiger partial charge in [0, 0.05) is 10.6 Å². The maximum absolute atomic E-state index is 6.04. The monoisotopic (exact) mass is 274 g/mol. The lowest BCUT2D eigenvalue weighted by molar-refractivity contribution is 0.874. The Morgan fingerprint density at radius 3 is 2.56 bits per heavy atom. The van der Waals surface area contributed by atoms with Gasteiger partial charge >= 0.3 is 0 Å². The molecule has 7 heteroatoms. The molecule has 1 heterocycles. The molecule has 0 amide bonds. The average molecular weight is 276 g/mol. The molecule has 1 aromatic heterocycles. The van der Waals surface area contributed by atoms with E-state index in [0.717, 1.165) is 0 Å². The van der Waals surface area contributed by atoms with E-state index in [1.807, 2.05) is 0 Å². The van der Waals surface area contributed by atoms with Crippen LogP contribution in [0.3, 0.4) is 0 Å². The minimum absolute atomic E-state index is 0.332. The molecule has 0 spiro atoms. The first kappa shape index (κ1) is 11.4. The quantitative estimate of drug-likeness (QED) is 0.812. The summed E-state index contributed by atoms with van der Waals surface area (Å²) in [5, 5.41) is 12.0. The van der Waals surface area contributed by atoms with Crippen LogP contribution in [0.15, 0.2) is 18.3 Å². The van der Waals surface area contributed by atoms with Crippen LogP contribution in [0.25, 0.3) is 11.3 Å². The molecule has 1 aromatic carbocycles. The van der Waals surface area contributed by atoms with E-state index < -0.39 is 0 Å². The van der Waals surface area contributed by atoms with Gasteiger partial charge in [0.1, 0.15) is 5.69 Å². The van der Waals surface area contributed by atoms with Crippen molar-refractivity contribution in [1.29, 1.82) is 0 Å². The van der Waals surface area contributed by atoms with E-state index >= 15 is 0 Å². The predicted octanol–water partition coefficient (Wildman–Crippen LogP) is 3.08. The minimum Gasteiger partial charge on any atom is -0.396 e. The van der Waals surface area contributed by atoms with Crippen molar-refractivity contribution in [3.8, 4) is 11.3 Å². The largest absolute Gasteiger partial charge is 0.396 e. The van der Waals surface area contributed by atoms with E-state index in [2.05, 4.69) is 15.4 Å². The second-order valence-corrected chi connectivity index (χ2v) is 4.21. The zero-order chi connectivity index (χ0) is 11.7. The molecule has 82 valence electrons. The Labute approximate surface area is 106 Å². The number of hydrogen-bond donors (Lipinski definition) is 1. The molecule has 2 rings (SSSR count). The fraction of sp³-hybridized carbons (Fsp3) is 0. The van der Waals surface area contributed by atoms with E-state index in [1.54, 1.807) is 12.1 Å². The van der Waals surface area contributed by atoms with Crippen LogP contribution >= 0.6 is 34.8 Å². The molecular formula is C9H5Cl3N4. The molecule has 0 atom stereocenters. The van der Waals surface area contributed by atoms with E-state index in [0.29, 0.717) is 32.0 Å². The highest BCUT2D eigenvalue weighted by Gasteiger charge is 2.13. The molecule has 0 radical (unpaired) electrons. The average Bonchev–Trinajstić information content (AvgIpc) is 2.24. The Bertz CT molecular complexity index is 544. The van der Waals surface area contributed by atoms with Gasteiger partial charge < -0.3 is 5.73 Å². The Kier molecular flexibility index (Phi) is 3.14. The third kappa shape index (κ3) is 2.04. The van der Waals surface area contributed by atoms with Crippen LogP contribution in [0.5, 0.6) is 0 Å². The van der Waals surface area contributed by atoms with Crippen LogP contribution in [0.1, 0.15) is 0 Å². The van der Waals surface area contributed by atoms with E-state index in [4.69, 9.17) is 40.5 Å². The lowest BCUT2D eigenvalue weighted by Gasteiger charge is -2.07. The van der Waals surface area contributed by atoms with Crippen molar-refractivity contribution in [3.05, 3.63) is 33.4 Å². The van der Waals surface area contributed by atoms with Gasteiger partial charge in [0.25, 0.3) is 0 Å². The Balaban J connectivity index is 2.69. The molecular weight excluding hydrogens is 270 g/mol. The van der Waals surface area contributed by atoms with Crippen LogP contribution in [0.4, 0.5) is 5.69 Å². The number of halogens is 3. The van der Waals surface area contributed by atoms with Gasteiger partial charge in [-0.25, -0.2) is 0 Å². The van der Waals surface area contributed by atoms with Crippen molar-refractivity contribution in [2.24, 2.45) is 0 Å². The second kappa shape index (κ2) is 4.41. The van der Waals surface area contributed by atoms with E-state index in [1.165, 1.54) is 6.20 Å². The zero-order valence-electron chi connectivity index (χ0n) is 7.78. The molecule has 16 heavy (non-hydrogen) atoms. The summed E-state index contributed by atoms with van der Waals surface area (Å²) in [7, 11) is 0. The number of nitrogen functional groups attached to an aromatic ring is 1. The van der Waals surface area contributed by atoms with Crippen molar-refractivity contribution >= 4 is 40.5 Å². The van der Waals surface area contributed by atoms with Crippen LogP contribution in [-0.2, 0) is 0 Å².